The molecule has 1 aliphatic rings. The third-order valence-corrected chi connectivity index (χ3v) is 4.45. The Labute approximate surface area is 162 Å². The molecule has 6 heteroatoms. The minimum atomic E-state index is -0.480. The lowest BCUT2D eigenvalue weighted by Crippen LogP contribution is -2.31. The summed E-state index contributed by atoms with van der Waals surface area (Å²) < 4.78 is 0. The van der Waals surface area contributed by atoms with Crippen molar-refractivity contribution in [1.29, 1.82) is 0 Å². The summed E-state index contributed by atoms with van der Waals surface area (Å²) in [6.45, 7) is 0. The molecule has 0 bridgehead atoms. The molecule has 1 aromatic heterocycles. The number of amides is 2. The Morgan fingerprint density at radius 2 is 1.82 bits per heavy atom. The molecule has 2 aromatic carbocycles. The number of benzene rings is 2. The first kappa shape index (κ1) is 17.4. The van der Waals surface area contributed by atoms with Crippen LogP contribution >= 0.6 is 0 Å². The maximum Gasteiger partial charge on any atom is 0.248 e. The van der Waals surface area contributed by atoms with Gasteiger partial charge in [-0.05, 0) is 60.4 Å². The van der Waals surface area contributed by atoms with Gasteiger partial charge in [0, 0.05) is 29.9 Å². The highest BCUT2D eigenvalue weighted by atomic mass is 16.2. The number of nitrogens with two attached hydrogens (primary N) is 1. The van der Waals surface area contributed by atoms with E-state index >= 15 is 0 Å². The molecule has 2 heterocycles. The average Bonchev–Trinajstić information content (AvgIpc) is 2.72. The van der Waals surface area contributed by atoms with Crippen LogP contribution in [0.2, 0.25) is 0 Å². The normalized spacial score (nSPS) is 12.7. The molecule has 4 rings (SSSR count). The lowest BCUT2D eigenvalue weighted by Gasteiger charge is -2.30. The van der Waals surface area contributed by atoms with E-state index in [4.69, 9.17) is 5.73 Å². The quantitative estimate of drug-likeness (QED) is 0.704. The van der Waals surface area contributed by atoms with Crippen LogP contribution in [0.4, 0.5) is 11.4 Å². The summed E-state index contributed by atoms with van der Waals surface area (Å²) in [5.74, 6) is 5.90. The van der Waals surface area contributed by atoms with Crippen LogP contribution in [0.25, 0.3) is 0 Å². The van der Waals surface area contributed by atoms with Gasteiger partial charge in [-0.2, -0.15) is 0 Å². The number of hydrogen-bond acceptors (Lipinski definition) is 4. The summed E-state index contributed by atoms with van der Waals surface area (Å²) in [5.41, 5.74) is 8.97. The molecule has 3 aromatic rings. The van der Waals surface area contributed by atoms with Gasteiger partial charge in [0.2, 0.25) is 17.6 Å². The zero-order valence-corrected chi connectivity index (χ0v) is 14.9. The number of hydrogen-bond donors (Lipinski definition) is 1. The van der Waals surface area contributed by atoms with Crippen molar-refractivity contribution in [2.24, 2.45) is 5.73 Å². The summed E-state index contributed by atoms with van der Waals surface area (Å²) in [5, 5.41) is 0. The van der Waals surface area contributed by atoms with Gasteiger partial charge < -0.3 is 5.73 Å². The number of nitrogens with zero attached hydrogens (tertiary/aromatic N) is 3. The molecule has 0 saturated carbocycles. The summed E-state index contributed by atoms with van der Waals surface area (Å²) in [6, 6.07) is 14.3. The zero-order valence-electron chi connectivity index (χ0n) is 14.9. The van der Waals surface area contributed by atoms with E-state index in [0.29, 0.717) is 24.2 Å². The van der Waals surface area contributed by atoms with Crippen LogP contribution in [0.5, 0.6) is 0 Å². The summed E-state index contributed by atoms with van der Waals surface area (Å²) in [7, 11) is 0. The first-order chi connectivity index (χ1) is 13.6. The molecule has 2 amide bonds. The minimum absolute atomic E-state index is 0.00386. The van der Waals surface area contributed by atoms with Crippen LogP contribution < -0.4 is 10.6 Å². The summed E-state index contributed by atoms with van der Waals surface area (Å²) in [6.07, 6.45) is 4.22. The number of carbonyl (C=O) groups excluding carboxylic acids is 2. The highest BCUT2D eigenvalue weighted by molar-refractivity contribution is 6.04. The van der Waals surface area contributed by atoms with Crippen LogP contribution in [-0.4, -0.2) is 21.8 Å². The second-order valence-electron chi connectivity index (χ2n) is 6.31. The summed E-state index contributed by atoms with van der Waals surface area (Å²) >= 11 is 0. The Kier molecular flexibility index (Phi) is 4.56. The predicted molar refractivity (Wildman–Crippen MR) is 105 cm³/mol. The van der Waals surface area contributed by atoms with Crippen LogP contribution in [0.15, 0.2) is 60.9 Å². The fourth-order valence-corrected chi connectivity index (χ4v) is 3.14. The highest BCUT2D eigenvalue weighted by Gasteiger charge is 2.26. The van der Waals surface area contributed by atoms with Crippen LogP contribution in [0.1, 0.15) is 33.7 Å². The van der Waals surface area contributed by atoms with Crippen molar-refractivity contribution < 1.29 is 9.59 Å². The van der Waals surface area contributed by atoms with Crippen molar-refractivity contribution in [1.82, 2.24) is 9.97 Å². The van der Waals surface area contributed by atoms with Crippen LogP contribution in [-0.2, 0) is 11.2 Å². The van der Waals surface area contributed by atoms with E-state index in [-0.39, 0.29) is 5.91 Å². The van der Waals surface area contributed by atoms with Crippen molar-refractivity contribution in [3.8, 4) is 11.8 Å². The lowest BCUT2D eigenvalue weighted by atomic mass is 9.97. The number of fused-ring (bicyclic) bond motifs is 1. The van der Waals surface area contributed by atoms with Crippen molar-refractivity contribution in [2.45, 2.75) is 12.8 Å². The Bertz CT molecular complexity index is 1130. The number of aryl methyl sites for hydroxylation is 1. The van der Waals surface area contributed by atoms with Crippen molar-refractivity contribution in [2.75, 3.05) is 4.90 Å². The summed E-state index contributed by atoms with van der Waals surface area (Å²) in [4.78, 5) is 33.9. The van der Waals surface area contributed by atoms with Gasteiger partial charge >= 0.3 is 0 Å². The van der Waals surface area contributed by atoms with Crippen LogP contribution in [0.3, 0.4) is 0 Å². The van der Waals surface area contributed by atoms with Crippen molar-refractivity contribution >= 4 is 23.2 Å². The van der Waals surface area contributed by atoms with E-state index in [1.54, 1.807) is 41.6 Å². The van der Waals surface area contributed by atoms with Gasteiger partial charge in [-0.3, -0.25) is 14.5 Å². The largest absolute Gasteiger partial charge is 0.366 e. The molecule has 2 N–H and O–H groups in total. The number of primary amides is 1. The maximum atomic E-state index is 12.6. The molecule has 0 fully saturated rings. The van der Waals surface area contributed by atoms with Gasteiger partial charge in [-0.1, -0.05) is 12.0 Å². The van der Waals surface area contributed by atoms with Gasteiger partial charge in [-0.15, -0.1) is 0 Å². The zero-order chi connectivity index (χ0) is 19.5. The number of rotatable bonds is 2. The van der Waals surface area contributed by atoms with Gasteiger partial charge in [0.25, 0.3) is 0 Å². The molecule has 0 aliphatic carbocycles. The number of aromatic nitrogens is 2. The molecule has 0 atom stereocenters. The molecule has 0 unspecified atom stereocenters. The van der Waals surface area contributed by atoms with E-state index < -0.39 is 5.91 Å². The van der Waals surface area contributed by atoms with Crippen molar-refractivity contribution in [3.05, 3.63) is 83.4 Å². The van der Waals surface area contributed by atoms with Gasteiger partial charge in [0.15, 0.2) is 0 Å². The van der Waals surface area contributed by atoms with Gasteiger partial charge in [0.1, 0.15) is 0 Å². The van der Waals surface area contributed by atoms with E-state index in [9.17, 15) is 9.59 Å². The second-order valence-corrected chi connectivity index (χ2v) is 6.31. The fourth-order valence-electron chi connectivity index (χ4n) is 3.14. The topological polar surface area (TPSA) is 89.2 Å². The second kappa shape index (κ2) is 7.33. The molecule has 0 spiro atoms. The molecule has 0 saturated heterocycles. The molecule has 1 aliphatic heterocycles. The lowest BCUT2D eigenvalue weighted by molar-refractivity contribution is -0.118. The molecular weight excluding hydrogens is 352 g/mol. The SMILES string of the molecule is NC(=O)c1ccc2c(c1)CCC(=O)N2c1cccc(C#Cc2ncccn2)c1. The average molecular weight is 368 g/mol. The fraction of sp³-hybridized carbons (Fsp3) is 0.0909. The molecular formula is C22H16N4O2. The monoisotopic (exact) mass is 368 g/mol. The first-order valence-corrected chi connectivity index (χ1v) is 8.76. The molecule has 28 heavy (non-hydrogen) atoms. The highest BCUT2D eigenvalue weighted by Crippen LogP contribution is 2.35. The van der Waals surface area contributed by atoms with Gasteiger partial charge in [-0.25, -0.2) is 9.97 Å². The standard InChI is InChI=1S/C22H16N4O2/c23-22(28)17-6-8-19-16(14-17)7-10-21(27)26(19)18-4-1-3-15(13-18)5-9-20-24-11-2-12-25-20/h1-4,6,8,11-14H,7,10H2,(H2,23,28). The Morgan fingerprint density at radius 1 is 1.00 bits per heavy atom. The van der Waals surface area contributed by atoms with E-state index in [0.717, 1.165) is 22.5 Å². The third-order valence-electron chi connectivity index (χ3n) is 4.45. The number of anilines is 2. The first-order valence-electron chi connectivity index (χ1n) is 8.76. The van der Waals surface area contributed by atoms with E-state index in [1.807, 2.05) is 24.3 Å². The van der Waals surface area contributed by atoms with E-state index in [2.05, 4.69) is 21.8 Å². The molecule has 6 nitrogen and oxygen atoms in total. The maximum absolute atomic E-state index is 12.6. The number of carbonyl (C=O) groups is 2. The van der Waals surface area contributed by atoms with Crippen LogP contribution in [0, 0.1) is 11.8 Å². The molecule has 0 radical (unpaired) electrons. The van der Waals surface area contributed by atoms with Gasteiger partial charge in [0.05, 0.1) is 11.4 Å². The third kappa shape index (κ3) is 3.46. The Balaban J connectivity index is 1.71. The van der Waals surface area contributed by atoms with Crippen molar-refractivity contribution in [3.63, 3.8) is 0 Å². The molecule has 136 valence electrons. The Morgan fingerprint density at radius 3 is 2.61 bits per heavy atom. The minimum Gasteiger partial charge on any atom is -0.366 e. The van der Waals surface area contributed by atoms with E-state index in [1.165, 1.54) is 0 Å². The smallest absolute Gasteiger partial charge is 0.248 e. The Hall–Kier alpha value is -3.98. The predicted octanol–water partition coefficient (Wildman–Crippen LogP) is 2.59.